The summed E-state index contributed by atoms with van der Waals surface area (Å²) in [6.07, 6.45) is 1.31. The molecule has 5 heteroatoms. The molecule has 5 nitrogen and oxygen atoms in total. The summed E-state index contributed by atoms with van der Waals surface area (Å²) < 4.78 is 10.3. The lowest BCUT2D eigenvalue weighted by Crippen LogP contribution is -2.50. The second-order valence-corrected chi connectivity index (χ2v) is 4.67. The van der Waals surface area contributed by atoms with Gasteiger partial charge < -0.3 is 19.9 Å². The molecule has 0 bridgehead atoms. The number of nitrogens with one attached hydrogen (secondary N) is 1. The number of carbonyl (C=O) groups excluding carboxylic acids is 1. The zero-order chi connectivity index (χ0) is 15.2. The zero-order valence-corrected chi connectivity index (χ0v) is 12.5. The van der Waals surface area contributed by atoms with E-state index < -0.39 is 5.54 Å². The molecule has 0 radical (unpaired) electrons. The fourth-order valence-electron chi connectivity index (χ4n) is 1.98. The van der Waals surface area contributed by atoms with Crippen LogP contribution in [0, 0.1) is 0 Å². The number of hydrogen-bond acceptors (Lipinski definition) is 4. The predicted octanol–water partition coefficient (Wildman–Crippen LogP) is 1.98. The Balaban J connectivity index is 3.03. The molecule has 0 heterocycles. The Morgan fingerprint density at radius 3 is 2.35 bits per heavy atom. The molecule has 0 saturated carbocycles. The van der Waals surface area contributed by atoms with Gasteiger partial charge in [-0.2, -0.15) is 0 Å². The van der Waals surface area contributed by atoms with Gasteiger partial charge in [0.1, 0.15) is 11.5 Å². The molecule has 20 heavy (non-hydrogen) atoms. The average Bonchev–Trinajstić information content (AvgIpc) is 2.51. The lowest BCUT2D eigenvalue weighted by Gasteiger charge is -2.31. The quantitative estimate of drug-likeness (QED) is 0.802. The van der Waals surface area contributed by atoms with Gasteiger partial charge in [0.05, 0.1) is 31.9 Å². The minimum Gasteiger partial charge on any atom is -0.497 e. The summed E-state index contributed by atoms with van der Waals surface area (Å²) in [6, 6.07) is 5.02. The van der Waals surface area contributed by atoms with E-state index in [2.05, 4.69) is 5.32 Å². The van der Waals surface area contributed by atoms with E-state index in [9.17, 15) is 9.90 Å². The first-order chi connectivity index (χ1) is 9.55. The first kappa shape index (κ1) is 16.3. The normalized spacial score (nSPS) is 11.1. The van der Waals surface area contributed by atoms with Crippen molar-refractivity contribution in [2.24, 2.45) is 0 Å². The van der Waals surface area contributed by atoms with Gasteiger partial charge in [-0.05, 0) is 25.0 Å². The van der Waals surface area contributed by atoms with Crippen molar-refractivity contribution in [2.75, 3.05) is 20.8 Å². The van der Waals surface area contributed by atoms with Crippen LogP contribution in [0.1, 0.15) is 37.0 Å². The number of benzene rings is 1. The van der Waals surface area contributed by atoms with Gasteiger partial charge in [-0.3, -0.25) is 4.79 Å². The van der Waals surface area contributed by atoms with Crippen LogP contribution in [-0.2, 0) is 0 Å². The summed E-state index contributed by atoms with van der Waals surface area (Å²) in [5, 5.41) is 12.4. The molecule has 0 unspecified atom stereocenters. The fraction of sp³-hybridized carbons (Fsp3) is 0.533. The van der Waals surface area contributed by atoms with E-state index in [0.717, 1.165) is 0 Å². The third-order valence-electron chi connectivity index (χ3n) is 3.69. The highest BCUT2D eigenvalue weighted by atomic mass is 16.5. The van der Waals surface area contributed by atoms with Crippen LogP contribution < -0.4 is 14.8 Å². The van der Waals surface area contributed by atoms with Gasteiger partial charge in [-0.1, -0.05) is 13.8 Å². The molecule has 0 atom stereocenters. The zero-order valence-electron chi connectivity index (χ0n) is 12.5. The summed E-state index contributed by atoms with van der Waals surface area (Å²) in [6.45, 7) is 3.78. The third kappa shape index (κ3) is 3.42. The molecule has 0 fully saturated rings. The topological polar surface area (TPSA) is 67.8 Å². The third-order valence-corrected chi connectivity index (χ3v) is 3.69. The number of aliphatic hydroxyl groups is 1. The highest BCUT2D eigenvalue weighted by Crippen LogP contribution is 2.25. The number of hydrogen-bond donors (Lipinski definition) is 2. The van der Waals surface area contributed by atoms with Gasteiger partial charge in [0.25, 0.3) is 5.91 Å². The van der Waals surface area contributed by atoms with Crippen molar-refractivity contribution in [3.63, 3.8) is 0 Å². The first-order valence-corrected chi connectivity index (χ1v) is 6.71. The van der Waals surface area contributed by atoms with E-state index in [0.29, 0.717) is 29.9 Å². The van der Waals surface area contributed by atoms with E-state index in [1.165, 1.54) is 7.11 Å². The smallest absolute Gasteiger partial charge is 0.255 e. The molecular formula is C15H23NO4. The lowest BCUT2D eigenvalue weighted by molar-refractivity contribution is 0.0815. The van der Waals surface area contributed by atoms with E-state index in [4.69, 9.17) is 9.47 Å². The van der Waals surface area contributed by atoms with Crippen molar-refractivity contribution in [1.82, 2.24) is 5.32 Å². The summed E-state index contributed by atoms with van der Waals surface area (Å²) in [5.74, 6) is 0.806. The number of rotatable bonds is 7. The highest BCUT2D eigenvalue weighted by molar-refractivity contribution is 5.97. The molecule has 0 aliphatic heterocycles. The van der Waals surface area contributed by atoms with Crippen molar-refractivity contribution < 1.29 is 19.4 Å². The van der Waals surface area contributed by atoms with Crippen molar-refractivity contribution in [3.8, 4) is 11.5 Å². The molecule has 0 spiro atoms. The van der Waals surface area contributed by atoms with Crippen LogP contribution in [0.15, 0.2) is 18.2 Å². The van der Waals surface area contributed by atoms with E-state index >= 15 is 0 Å². The lowest BCUT2D eigenvalue weighted by atomic mass is 9.93. The van der Waals surface area contributed by atoms with Crippen LogP contribution in [0.25, 0.3) is 0 Å². The summed E-state index contributed by atoms with van der Waals surface area (Å²) >= 11 is 0. The Morgan fingerprint density at radius 1 is 1.25 bits per heavy atom. The summed E-state index contributed by atoms with van der Waals surface area (Å²) in [5.41, 5.74) is -0.171. The molecule has 0 aliphatic carbocycles. The van der Waals surface area contributed by atoms with E-state index in [1.807, 2.05) is 13.8 Å². The Labute approximate surface area is 119 Å². The number of aliphatic hydroxyl groups excluding tert-OH is 1. The van der Waals surface area contributed by atoms with Crippen molar-refractivity contribution in [3.05, 3.63) is 23.8 Å². The number of ether oxygens (including phenoxy) is 2. The van der Waals surface area contributed by atoms with E-state index in [-0.39, 0.29) is 12.5 Å². The van der Waals surface area contributed by atoms with Crippen LogP contribution in [0.4, 0.5) is 0 Å². The molecule has 1 amide bonds. The number of methoxy groups -OCH3 is 2. The number of amides is 1. The maximum Gasteiger partial charge on any atom is 0.255 e. The summed E-state index contributed by atoms with van der Waals surface area (Å²) in [4.78, 5) is 12.4. The fourth-order valence-corrected chi connectivity index (χ4v) is 1.98. The van der Waals surface area contributed by atoms with Gasteiger partial charge in [0.2, 0.25) is 0 Å². The van der Waals surface area contributed by atoms with Gasteiger partial charge in [-0.25, -0.2) is 0 Å². The minimum absolute atomic E-state index is 0.0930. The van der Waals surface area contributed by atoms with Gasteiger partial charge in [0, 0.05) is 6.07 Å². The van der Waals surface area contributed by atoms with Gasteiger partial charge in [-0.15, -0.1) is 0 Å². The largest absolute Gasteiger partial charge is 0.497 e. The molecule has 112 valence electrons. The highest BCUT2D eigenvalue weighted by Gasteiger charge is 2.28. The van der Waals surface area contributed by atoms with Crippen molar-refractivity contribution in [1.29, 1.82) is 0 Å². The molecule has 0 aliphatic rings. The van der Waals surface area contributed by atoms with Gasteiger partial charge in [0.15, 0.2) is 0 Å². The van der Waals surface area contributed by atoms with E-state index in [1.54, 1.807) is 25.3 Å². The molecular weight excluding hydrogens is 258 g/mol. The van der Waals surface area contributed by atoms with Crippen LogP contribution >= 0.6 is 0 Å². The number of carbonyl (C=O) groups is 1. The Hall–Kier alpha value is -1.75. The molecule has 1 aromatic carbocycles. The predicted molar refractivity (Wildman–Crippen MR) is 77.4 cm³/mol. The van der Waals surface area contributed by atoms with Crippen molar-refractivity contribution in [2.45, 2.75) is 32.2 Å². The second-order valence-electron chi connectivity index (χ2n) is 4.67. The summed E-state index contributed by atoms with van der Waals surface area (Å²) in [7, 11) is 3.06. The Morgan fingerprint density at radius 2 is 1.90 bits per heavy atom. The SMILES string of the molecule is CCC(CC)(CO)NC(=O)c1ccc(OC)cc1OC. The van der Waals surface area contributed by atoms with Crippen LogP contribution in [0.2, 0.25) is 0 Å². The molecule has 1 aromatic rings. The van der Waals surface area contributed by atoms with Gasteiger partial charge >= 0.3 is 0 Å². The average molecular weight is 281 g/mol. The van der Waals surface area contributed by atoms with Crippen molar-refractivity contribution >= 4 is 5.91 Å². The Kier molecular flexibility index (Phi) is 5.82. The monoisotopic (exact) mass is 281 g/mol. The molecule has 2 N–H and O–H groups in total. The molecule has 0 saturated heterocycles. The standard InChI is InChI=1S/C15H23NO4/c1-5-15(6-2,10-17)16-14(18)12-8-7-11(19-3)9-13(12)20-4/h7-9,17H,5-6,10H2,1-4H3,(H,16,18). The molecule has 0 aromatic heterocycles. The maximum atomic E-state index is 12.4. The molecule has 1 rings (SSSR count). The van der Waals surface area contributed by atoms with Crippen LogP contribution in [0.5, 0.6) is 11.5 Å². The first-order valence-electron chi connectivity index (χ1n) is 6.71. The maximum absolute atomic E-state index is 12.4. The second kappa shape index (κ2) is 7.14. The Bertz CT molecular complexity index is 447. The minimum atomic E-state index is -0.595. The van der Waals surface area contributed by atoms with Crippen LogP contribution in [0.3, 0.4) is 0 Å². The van der Waals surface area contributed by atoms with Crippen LogP contribution in [-0.4, -0.2) is 37.4 Å².